The molecule has 0 saturated heterocycles. The van der Waals surface area contributed by atoms with Gasteiger partial charge in [0.05, 0.1) is 6.21 Å². The standard InChI is InChI=1S/C29H23ClFN3O3S/c30-23-7-15-27(16-8-23)38-19-21-1-5-22(6-2-21)29(36)34-32-17-20-3-13-26(14-4-20)37-18-28(35)33-25-11-9-24(31)10-12-25/h1-17H,18-19H2,(H,33,35)(H,34,36)/b32-17+. The molecule has 0 spiro atoms. The van der Waals surface area contributed by atoms with Crippen LogP contribution in [0.2, 0.25) is 5.02 Å². The van der Waals surface area contributed by atoms with Crippen LogP contribution in [0.5, 0.6) is 5.75 Å². The largest absolute Gasteiger partial charge is 0.484 e. The van der Waals surface area contributed by atoms with Crippen molar-refractivity contribution < 1.29 is 18.7 Å². The molecule has 6 nitrogen and oxygen atoms in total. The Bertz CT molecular complexity index is 1400. The van der Waals surface area contributed by atoms with Crippen LogP contribution >= 0.6 is 23.4 Å². The lowest BCUT2D eigenvalue weighted by Gasteiger charge is -2.07. The second-order valence-corrected chi connectivity index (χ2v) is 9.54. The van der Waals surface area contributed by atoms with E-state index in [2.05, 4.69) is 15.8 Å². The Morgan fingerprint density at radius 3 is 2.26 bits per heavy atom. The molecule has 0 aromatic heterocycles. The summed E-state index contributed by atoms with van der Waals surface area (Å²) >= 11 is 7.61. The van der Waals surface area contributed by atoms with Gasteiger partial charge in [0.2, 0.25) is 0 Å². The Balaban J connectivity index is 1.19. The van der Waals surface area contributed by atoms with Crippen molar-refractivity contribution in [2.75, 3.05) is 11.9 Å². The number of rotatable bonds is 10. The molecule has 0 unspecified atom stereocenters. The fourth-order valence-corrected chi connectivity index (χ4v) is 4.19. The Hall–Kier alpha value is -4.14. The van der Waals surface area contributed by atoms with E-state index < -0.39 is 0 Å². The zero-order chi connectivity index (χ0) is 26.7. The maximum absolute atomic E-state index is 12.9. The molecule has 4 aromatic carbocycles. The highest BCUT2D eigenvalue weighted by Crippen LogP contribution is 2.24. The highest BCUT2D eigenvalue weighted by atomic mass is 35.5. The molecule has 0 bridgehead atoms. The molecule has 0 radical (unpaired) electrons. The van der Waals surface area contributed by atoms with Crippen molar-refractivity contribution in [3.05, 3.63) is 125 Å². The van der Waals surface area contributed by atoms with Crippen LogP contribution in [0.25, 0.3) is 0 Å². The van der Waals surface area contributed by atoms with Crippen LogP contribution in [0.1, 0.15) is 21.5 Å². The van der Waals surface area contributed by atoms with Crippen LogP contribution in [0.15, 0.2) is 107 Å². The summed E-state index contributed by atoms with van der Waals surface area (Å²) in [6.45, 7) is -0.195. The SMILES string of the molecule is O=C(COc1ccc(/C=N/NC(=O)c2ccc(CSc3ccc(Cl)cc3)cc2)cc1)Nc1ccc(F)cc1. The maximum atomic E-state index is 12.9. The Morgan fingerprint density at radius 1 is 0.895 bits per heavy atom. The number of anilines is 1. The molecule has 0 aliphatic heterocycles. The van der Waals surface area contributed by atoms with E-state index in [1.54, 1.807) is 48.2 Å². The quantitative estimate of drug-likeness (QED) is 0.134. The summed E-state index contributed by atoms with van der Waals surface area (Å²) < 4.78 is 18.4. The van der Waals surface area contributed by atoms with Gasteiger partial charge < -0.3 is 10.1 Å². The average Bonchev–Trinajstić information content (AvgIpc) is 2.94. The van der Waals surface area contributed by atoms with Crippen molar-refractivity contribution >= 4 is 47.1 Å². The number of carbonyl (C=O) groups is 2. The third-order valence-electron chi connectivity index (χ3n) is 5.19. The van der Waals surface area contributed by atoms with Gasteiger partial charge in [0, 0.05) is 26.9 Å². The smallest absolute Gasteiger partial charge is 0.271 e. The van der Waals surface area contributed by atoms with E-state index in [1.165, 1.54) is 30.5 Å². The van der Waals surface area contributed by atoms with Crippen molar-refractivity contribution in [1.29, 1.82) is 0 Å². The van der Waals surface area contributed by atoms with Gasteiger partial charge in [-0.15, -0.1) is 11.8 Å². The lowest BCUT2D eigenvalue weighted by molar-refractivity contribution is -0.118. The molecule has 0 aliphatic rings. The van der Waals surface area contributed by atoms with Gasteiger partial charge in [-0.2, -0.15) is 5.10 Å². The lowest BCUT2D eigenvalue weighted by atomic mass is 10.1. The molecule has 2 N–H and O–H groups in total. The molecule has 4 aromatic rings. The zero-order valence-corrected chi connectivity index (χ0v) is 21.6. The number of halogens is 2. The summed E-state index contributed by atoms with van der Waals surface area (Å²) in [5.41, 5.74) is 5.34. The van der Waals surface area contributed by atoms with Crippen molar-refractivity contribution in [3.63, 3.8) is 0 Å². The molecule has 0 atom stereocenters. The average molecular weight is 548 g/mol. The first kappa shape index (κ1) is 26.9. The predicted octanol–water partition coefficient (Wildman–Crippen LogP) is 6.55. The second-order valence-electron chi connectivity index (χ2n) is 8.05. The summed E-state index contributed by atoms with van der Waals surface area (Å²) in [7, 11) is 0. The van der Waals surface area contributed by atoms with Gasteiger partial charge in [0.15, 0.2) is 6.61 Å². The molecule has 38 heavy (non-hydrogen) atoms. The molecule has 2 amide bonds. The van der Waals surface area contributed by atoms with E-state index in [9.17, 15) is 14.0 Å². The normalized spacial score (nSPS) is 10.8. The number of thioether (sulfide) groups is 1. The topological polar surface area (TPSA) is 79.8 Å². The summed E-state index contributed by atoms with van der Waals surface area (Å²) in [5.74, 6) is 0.219. The van der Waals surface area contributed by atoms with Crippen LogP contribution in [-0.4, -0.2) is 24.6 Å². The molecular formula is C29H23ClFN3O3S. The number of hydrogen-bond acceptors (Lipinski definition) is 5. The van der Waals surface area contributed by atoms with Gasteiger partial charge in [0.1, 0.15) is 11.6 Å². The number of nitrogens with zero attached hydrogens (tertiary/aromatic N) is 1. The predicted molar refractivity (Wildman–Crippen MR) is 149 cm³/mol. The summed E-state index contributed by atoms with van der Waals surface area (Å²) in [5, 5.41) is 7.34. The van der Waals surface area contributed by atoms with Gasteiger partial charge in [-0.05, 0) is 96.1 Å². The molecule has 0 aliphatic carbocycles. The van der Waals surface area contributed by atoms with E-state index in [1.807, 2.05) is 36.4 Å². The van der Waals surface area contributed by atoms with E-state index in [0.717, 1.165) is 21.8 Å². The first-order valence-corrected chi connectivity index (χ1v) is 12.9. The minimum Gasteiger partial charge on any atom is -0.484 e. The minimum absolute atomic E-state index is 0.195. The van der Waals surface area contributed by atoms with Crippen molar-refractivity contribution in [2.24, 2.45) is 5.10 Å². The van der Waals surface area contributed by atoms with Gasteiger partial charge in [-0.25, -0.2) is 9.82 Å². The highest BCUT2D eigenvalue weighted by Gasteiger charge is 2.06. The number of hydrogen-bond donors (Lipinski definition) is 2. The number of hydrazone groups is 1. The summed E-state index contributed by atoms with van der Waals surface area (Å²) in [4.78, 5) is 25.5. The highest BCUT2D eigenvalue weighted by molar-refractivity contribution is 7.98. The van der Waals surface area contributed by atoms with Crippen LogP contribution in [0.4, 0.5) is 10.1 Å². The summed E-state index contributed by atoms with van der Waals surface area (Å²) in [6, 6.07) is 27.4. The van der Waals surface area contributed by atoms with E-state index in [4.69, 9.17) is 16.3 Å². The molecule has 0 heterocycles. The Labute approximate surface area is 228 Å². The van der Waals surface area contributed by atoms with Gasteiger partial charge in [-0.1, -0.05) is 23.7 Å². The van der Waals surface area contributed by atoms with Gasteiger partial charge in [-0.3, -0.25) is 9.59 Å². The van der Waals surface area contributed by atoms with E-state index in [0.29, 0.717) is 22.0 Å². The first-order chi connectivity index (χ1) is 18.4. The molecule has 192 valence electrons. The number of carbonyl (C=O) groups excluding carboxylic acids is 2. The number of amides is 2. The maximum Gasteiger partial charge on any atom is 0.271 e. The molecule has 0 saturated carbocycles. The third-order valence-corrected chi connectivity index (χ3v) is 6.53. The van der Waals surface area contributed by atoms with Crippen LogP contribution in [0, 0.1) is 5.82 Å². The minimum atomic E-state index is -0.377. The Kier molecular flexibility index (Phi) is 9.50. The molecular weight excluding hydrogens is 525 g/mol. The monoisotopic (exact) mass is 547 g/mol. The van der Waals surface area contributed by atoms with Gasteiger partial charge in [0.25, 0.3) is 11.8 Å². The molecule has 9 heteroatoms. The zero-order valence-electron chi connectivity index (χ0n) is 20.1. The van der Waals surface area contributed by atoms with Crippen molar-refractivity contribution in [1.82, 2.24) is 5.43 Å². The lowest BCUT2D eigenvalue weighted by Crippen LogP contribution is -2.20. The van der Waals surface area contributed by atoms with Crippen LogP contribution in [-0.2, 0) is 10.5 Å². The Morgan fingerprint density at radius 2 is 1.58 bits per heavy atom. The van der Waals surface area contributed by atoms with Gasteiger partial charge >= 0.3 is 0 Å². The number of nitrogens with one attached hydrogen (secondary N) is 2. The fraction of sp³-hybridized carbons (Fsp3) is 0.0690. The van der Waals surface area contributed by atoms with Crippen LogP contribution in [0.3, 0.4) is 0 Å². The fourth-order valence-electron chi connectivity index (χ4n) is 3.21. The van der Waals surface area contributed by atoms with Crippen molar-refractivity contribution in [2.45, 2.75) is 10.6 Å². The molecule has 4 rings (SSSR count). The number of benzene rings is 4. The third kappa shape index (κ3) is 8.47. The van der Waals surface area contributed by atoms with Crippen LogP contribution < -0.4 is 15.5 Å². The second kappa shape index (κ2) is 13.4. The van der Waals surface area contributed by atoms with Crippen molar-refractivity contribution in [3.8, 4) is 5.75 Å². The van der Waals surface area contributed by atoms with E-state index >= 15 is 0 Å². The van der Waals surface area contributed by atoms with E-state index in [-0.39, 0.29) is 24.2 Å². The number of ether oxygens (including phenoxy) is 1. The first-order valence-electron chi connectivity index (χ1n) is 11.5. The summed E-state index contributed by atoms with van der Waals surface area (Å²) in [6.07, 6.45) is 1.51. The molecule has 0 fully saturated rings.